The van der Waals surface area contributed by atoms with Crippen molar-refractivity contribution in [1.29, 1.82) is 0 Å². The molecule has 3 heteroatoms. The quantitative estimate of drug-likeness (QED) is 0.839. The van der Waals surface area contributed by atoms with Gasteiger partial charge in [0.1, 0.15) is 0 Å². The number of carbonyl (C=O) groups excluding carboxylic acids is 1. The van der Waals surface area contributed by atoms with E-state index in [-0.39, 0.29) is 11.3 Å². The Hall–Kier alpha value is -1.35. The highest BCUT2D eigenvalue weighted by Crippen LogP contribution is 2.43. The molecular weight excluding hydrogens is 224 g/mol. The molecule has 0 atom stereocenters. The van der Waals surface area contributed by atoms with Crippen molar-refractivity contribution in [3.8, 4) is 0 Å². The monoisotopic (exact) mass is 246 g/mol. The van der Waals surface area contributed by atoms with E-state index in [0.29, 0.717) is 13.0 Å². The molecule has 0 aliphatic heterocycles. The highest BCUT2D eigenvalue weighted by molar-refractivity contribution is 5.92. The molecule has 3 nitrogen and oxygen atoms in total. The molecular formula is C15H22N2O. The minimum atomic E-state index is 0.0746. The predicted octanol–water partition coefficient (Wildman–Crippen LogP) is 2.71. The predicted molar refractivity (Wildman–Crippen MR) is 74.4 cm³/mol. The highest BCUT2D eigenvalue weighted by Gasteiger charge is 2.37. The zero-order chi connectivity index (χ0) is 13.0. The number of carbonyl (C=O) groups is 1. The molecule has 1 saturated carbocycles. The van der Waals surface area contributed by atoms with Gasteiger partial charge in [-0.3, -0.25) is 4.79 Å². The second kappa shape index (κ2) is 5.53. The molecule has 0 spiro atoms. The summed E-state index contributed by atoms with van der Waals surface area (Å²) in [5, 5.41) is 3.03. The zero-order valence-electron chi connectivity index (χ0n) is 11.0. The largest absolute Gasteiger partial charge is 0.330 e. The van der Waals surface area contributed by atoms with Crippen LogP contribution in [0.2, 0.25) is 0 Å². The number of aryl methyl sites for hydroxylation is 1. The minimum absolute atomic E-state index is 0.0746. The van der Waals surface area contributed by atoms with Crippen molar-refractivity contribution in [3.63, 3.8) is 0 Å². The number of benzene rings is 1. The van der Waals surface area contributed by atoms with Crippen LogP contribution in [-0.4, -0.2) is 12.5 Å². The Balaban J connectivity index is 1.98. The number of hydrogen-bond donors (Lipinski definition) is 2. The molecule has 18 heavy (non-hydrogen) atoms. The first-order chi connectivity index (χ1) is 8.69. The first-order valence-corrected chi connectivity index (χ1v) is 6.77. The van der Waals surface area contributed by atoms with Crippen LogP contribution in [0.4, 0.5) is 5.69 Å². The van der Waals surface area contributed by atoms with Gasteiger partial charge in [-0.15, -0.1) is 0 Å². The van der Waals surface area contributed by atoms with Crippen molar-refractivity contribution >= 4 is 11.6 Å². The van der Waals surface area contributed by atoms with Gasteiger partial charge >= 0.3 is 0 Å². The molecule has 1 aliphatic carbocycles. The van der Waals surface area contributed by atoms with E-state index in [1.807, 2.05) is 18.2 Å². The van der Waals surface area contributed by atoms with Gasteiger partial charge in [-0.25, -0.2) is 0 Å². The van der Waals surface area contributed by atoms with E-state index in [2.05, 4.69) is 18.3 Å². The van der Waals surface area contributed by atoms with Crippen LogP contribution < -0.4 is 11.1 Å². The third-order valence-electron chi connectivity index (χ3n) is 4.06. The van der Waals surface area contributed by atoms with Crippen molar-refractivity contribution in [2.45, 2.75) is 39.0 Å². The molecule has 0 radical (unpaired) electrons. The standard InChI is InChI=1S/C15H22N2O/c1-2-12-6-3-4-7-13(12)17-14(18)10-15(11-16)8-5-9-15/h3-4,6-7H,2,5,8-11,16H2,1H3,(H,17,18). The van der Waals surface area contributed by atoms with E-state index in [1.165, 1.54) is 12.0 Å². The van der Waals surface area contributed by atoms with Crippen molar-refractivity contribution in [1.82, 2.24) is 0 Å². The van der Waals surface area contributed by atoms with E-state index >= 15 is 0 Å². The number of para-hydroxylation sites is 1. The second-order valence-corrected chi connectivity index (χ2v) is 5.29. The highest BCUT2D eigenvalue weighted by atomic mass is 16.1. The first-order valence-electron chi connectivity index (χ1n) is 6.77. The van der Waals surface area contributed by atoms with E-state index in [1.54, 1.807) is 0 Å². The van der Waals surface area contributed by atoms with Crippen LogP contribution in [0, 0.1) is 5.41 Å². The van der Waals surface area contributed by atoms with E-state index in [4.69, 9.17) is 5.73 Å². The van der Waals surface area contributed by atoms with Gasteiger partial charge in [0.05, 0.1) is 0 Å². The lowest BCUT2D eigenvalue weighted by atomic mass is 9.66. The molecule has 1 amide bonds. The number of nitrogens with two attached hydrogens (primary N) is 1. The zero-order valence-corrected chi connectivity index (χ0v) is 11.0. The molecule has 0 unspecified atom stereocenters. The number of amides is 1. The second-order valence-electron chi connectivity index (χ2n) is 5.29. The van der Waals surface area contributed by atoms with Crippen LogP contribution in [0.3, 0.4) is 0 Å². The molecule has 0 aromatic heterocycles. The van der Waals surface area contributed by atoms with Crippen LogP contribution >= 0.6 is 0 Å². The molecule has 98 valence electrons. The van der Waals surface area contributed by atoms with Gasteiger partial charge in [0.25, 0.3) is 0 Å². The molecule has 0 bridgehead atoms. The van der Waals surface area contributed by atoms with Crippen molar-refractivity contribution in [2.24, 2.45) is 11.1 Å². The fraction of sp³-hybridized carbons (Fsp3) is 0.533. The van der Waals surface area contributed by atoms with Gasteiger partial charge in [0, 0.05) is 12.1 Å². The number of anilines is 1. The maximum Gasteiger partial charge on any atom is 0.224 e. The molecule has 1 aromatic carbocycles. The Morgan fingerprint density at radius 1 is 1.39 bits per heavy atom. The van der Waals surface area contributed by atoms with Gasteiger partial charge in [0.15, 0.2) is 0 Å². The molecule has 2 rings (SSSR count). The van der Waals surface area contributed by atoms with Gasteiger partial charge in [0.2, 0.25) is 5.91 Å². The lowest BCUT2D eigenvalue weighted by molar-refractivity contribution is -0.119. The van der Waals surface area contributed by atoms with Gasteiger partial charge in [-0.2, -0.15) is 0 Å². The summed E-state index contributed by atoms with van der Waals surface area (Å²) in [5.74, 6) is 0.0982. The Labute approximate surface area is 109 Å². The lowest BCUT2D eigenvalue weighted by Gasteiger charge is -2.40. The molecule has 3 N–H and O–H groups in total. The van der Waals surface area contributed by atoms with Gasteiger partial charge in [-0.05, 0) is 42.9 Å². The lowest BCUT2D eigenvalue weighted by Crippen LogP contribution is -2.40. The molecule has 1 aromatic rings. The fourth-order valence-corrected chi connectivity index (χ4v) is 2.62. The Morgan fingerprint density at radius 3 is 2.67 bits per heavy atom. The molecule has 1 aliphatic rings. The summed E-state index contributed by atoms with van der Waals surface area (Å²) in [6, 6.07) is 7.98. The smallest absolute Gasteiger partial charge is 0.224 e. The summed E-state index contributed by atoms with van der Waals surface area (Å²) >= 11 is 0. The third kappa shape index (κ3) is 2.72. The van der Waals surface area contributed by atoms with Crippen LogP contribution in [0.15, 0.2) is 24.3 Å². The van der Waals surface area contributed by atoms with Crippen LogP contribution in [0.1, 0.15) is 38.2 Å². The Kier molecular flexibility index (Phi) is 4.02. The summed E-state index contributed by atoms with van der Waals surface area (Å²) in [6.07, 6.45) is 4.87. The van der Waals surface area contributed by atoms with Crippen LogP contribution in [0.25, 0.3) is 0 Å². The maximum atomic E-state index is 12.1. The molecule has 0 saturated heterocycles. The Morgan fingerprint density at radius 2 is 2.11 bits per heavy atom. The summed E-state index contributed by atoms with van der Waals surface area (Å²) in [7, 11) is 0. The average Bonchev–Trinajstić information content (AvgIpc) is 2.34. The minimum Gasteiger partial charge on any atom is -0.330 e. The summed E-state index contributed by atoms with van der Waals surface area (Å²) < 4.78 is 0. The first kappa shape index (κ1) is 13.1. The van der Waals surface area contributed by atoms with Crippen LogP contribution in [0.5, 0.6) is 0 Å². The Bertz CT molecular complexity index is 419. The number of rotatable bonds is 5. The normalized spacial score (nSPS) is 17.0. The van der Waals surface area contributed by atoms with Gasteiger partial charge in [-0.1, -0.05) is 31.5 Å². The summed E-state index contributed by atoms with van der Waals surface area (Å²) in [4.78, 5) is 12.1. The van der Waals surface area contributed by atoms with E-state index in [9.17, 15) is 4.79 Å². The molecule has 0 heterocycles. The molecule has 1 fully saturated rings. The van der Waals surface area contributed by atoms with Gasteiger partial charge < -0.3 is 11.1 Å². The van der Waals surface area contributed by atoms with Crippen molar-refractivity contribution in [3.05, 3.63) is 29.8 Å². The van der Waals surface area contributed by atoms with Crippen molar-refractivity contribution < 1.29 is 4.79 Å². The number of hydrogen-bond acceptors (Lipinski definition) is 2. The van der Waals surface area contributed by atoms with Crippen molar-refractivity contribution in [2.75, 3.05) is 11.9 Å². The topological polar surface area (TPSA) is 55.1 Å². The van der Waals surface area contributed by atoms with Crippen LogP contribution in [-0.2, 0) is 11.2 Å². The van der Waals surface area contributed by atoms with E-state index in [0.717, 1.165) is 24.9 Å². The summed E-state index contributed by atoms with van der Waals surface area (Å²) in [5.41, 5.74) is 7.98. The SMILES string of the molecule is CCc1ccccc1NC(=O)CC1(CN)CCC1. The summed E-state index contributed by atoms with van der Waals surface area (Å²) in [6.45, 7) is 2.72. The third-order valence-corrected chi connectivity index (χ3v) is 4.06. The average molecular weight is 246 g/mol. The maximum absolute atomic E-state index is 12.1. The fourth-order valence-electron chi connectivity index (χ4n) is 2.62. The van der Waals surface area contributed by atoms with E-state index < -0.39 is 0 Å². The number of nitrogens with one attached hydrogen (secondary N) is 1.